The molecule has 0 bridgehead atoms. The number of halogens is 1. The van der Waals surface area contributed by atoms with Crippen molar-refractivity contribution >= 4 is 33.0 Å². The Labute approximate surface area is 165 Å². The molecule has 130 valence electrons. The van der Waals surface area contributed by atoms with Crippen molar-refractivity contribution in [2.45, 2.75) is 25.6 Å². The van der Waals surface area contributed by atoms with Gasteiger partial charge in [0, 0.05) is 16.5 Å². The molecule has 0 radical (unpaired) electrons. The average molecular weight is 425 g/mol. The summed E-state index contributed by atoms with van der Waals surface area (Å²) in [5, 5.41) is 9.22. The molecule has 0 amide bonds. The standard InChI is InChI=1S/C21H17BrN2OS/c1-13-4-6-14(7-5-13)17-12-18-16-11-15(22)8-9-19(16)25-21(24(18)23-17)20-3-2-10-26-20/h2-11,18,21H,12H2,1H3/t18-,21+/m0/s1. The van der Waals surface area contributed by atoms with E-state index in [0.29, 0.717) is 0 Å². The summed E-state index contributed by atoms with van der Waals surface area (Å²) in [7, 11) is 0. The fourth-order valence-electron chi connectivity index (χ4n) is 3.60. The molecule has 3 heterocycles. The lowest BCUT2D eigenvalue weighted by Gasteiger charge is -2.37. The smallest absolute Gasteiger partial charge is 0.222 e. The molecule has 2 aliphatic rings. The van der Waals surface area contributed by atoms with Crippen LogP contribution in [0.15, 0.2) is 69.6 Å². The summed E-state index contributed by atoms with van der Waals surface area (Å²) in [6.07, 6.45) is 0.717. The third-order valence-electron chi connectivity index (χ3n) is 4.92. The minimum absolute atomic E-state index is 0.170. The maximum absolute atomic E-state index is 6.36. The van der Waals surface area contributed by atoms with Gasteiger partial charge in [-0.15, -0.1) is 11.3 Å². The highest BCUT2D eigenvalue weighted by Crippen LogP contribution is 2.48. The van der Waals surface area contributed by atoms with Crippen LogP contribution in [0.3, 0.4) is 0 Å². The lowest BCUT2D eigenvalue weighted by molar-refractivity contribution is -0.0166. The van der Waals surface area contributed by atoms with Crippen LogP contribution in [0.1, 0.15) is 40.3 Å². The van der Waals surface area contributed by atoms with Gasteiger partial charge in [0.1, 0.15) is 5.75 Å². The number of rotatable bonds is 2. The van der Waals surface area contributed by atoms with E-state index in [-0.39, 0.29) is 12.3 Å². The number of hydrogen-bond donors (Lipinski definition) is 0. The molecule has 0 saturated heterocycles. The molecule has 2 atom stereocenters. The summed E-state index contributed by atoms with van der Waals surface area (Å²) in [6.45, 7) is 2.11. The first-order valence-corrected chi connectivity index (χ1v) is 10.3. The first-order chi connectivity index (χ1) is 12.7. The van der Waals surface area contributed by atoms with Gasteiger partial charge in [0.2, 0.25) is 6.23 Å². The molecule has 5 heteroatoms. The first kappa shape index (κ1) is 16.1. The van der Waals surface area contributed by atoms with Gasteiger partial charge >= 0.3 is 0 Å². The number of fused-ring (bicyclic) bond motifs is 3. The Hall–Kier alpha value is -2.11. The Kier molecular flexibility index (Phi) is 3.87. The van der Waals surface area contributed by atoms with Gasteiger partial charge in [-0.1, -0.05) is 51.8 Å². The van der Waals surface area contributed by atoms with Crippen molar-refractivity contribution in [2.75, 3.05) is 0 Å². The summed E-state index contributed by atoms with van der Waals surface area (Å²) in [5.74, 6) is 0.952. The zero-order chi connectivity index (χ0) is 17.7. The van der Waals surface area contributed by atoms with Crippen molar-refractivity contribution in [2.24, 2.45) is 5.10 Å². The predicted octanol–water partition coefficient (Wildman–Crippen LogP) is 6.06. The highest BCUT2D eigenvalue weighted by atomic mass is 79.9. The van der Waals surface area contributed by atoms with Crippen LogP contribution in [-0.4, -0.2) is 10.7 Å². The molecule has 0 fully saturated rings. The molecule has 3 aromatic rings. The van der Waals surface area contributed by atoms with Gasteiger partial charge in [0.05, 0.1) is 16.6 Å². The first-order valence-electron chi connectivity index (χ1n) is 8.61. The third kappa shape index (κ3) is 2.66. The number of aryl methyl sites for hydroxylation is 1. The zero-order valence-corrected chi connectivity index (χ0v) is 16.6. The summed E-state index contributed by atoms with van der Waals surface area (Å²) in [4.78, 5) is 1.18. The molecule has 5 rings (SSSR count). The van der Waals surface area contributed by atoms with E-state index in [4.69, 9.17) is 9.84 Å². The van der Waals surface area contributed by atoms with Crippen molar-refractivity contribution < 1.29 is 4.74 Å². The number of hydrogen-bond acceptors (Lipinski definition) is 4. The van der Waals surface area contributed by atoms with Crippen molar-refractivity contribution in [3.8, 4) is 5.75 Å². The molecule has 1 aromatic heterocycles. The summed E-state index contributed by atoms with van der Waals surface area (Å²) >= 11 is 5.31. The highest BCUT2D eigenvalue weighted by molar-refractivity contribution is 9.10. The predicted molar refractivity (Wildman–Crippen MR) is 109 cm³/mol. The van der Waals surface area contributed by atoms with E-state index in [0.717, 1.165) is 22.4 Å². The van der Waals surface area contributed by atoms with E-state index in [1.54, 1.807) is 11.3 Å². The molecule has 3 nitrogen and oxygen atoms in total. The largest absolute Gasteiger partial charge is 0.464 e. The number of benzene rings is 2. The van der Waals surface area contributed by atoms with Gasteiger partial charge in [-0.25, -0.2) is 5.01 Å². The van der Waals surface area contributed by atoms with Crippen LogP contribution in [0, 0.1) is 6.92 Å². The topological polar surface area (TPSA) is 24.8 Å². The van der Waals surface area contributed by atoms with Crippen LogP contribution in [0.2, 0.25) is 0 Å². The van der Waals surface area contributed by atoms with Crippen LogP contribution >= 0.6 is 27.3 Å². The maximum Gasteiger partial charge on any atom is 0.222 e. The van der Waals surface area contributed by atoms with Gasteiger partial charge in [-0.3, -0.25) is 0 Å². The minimum atomic E-state index is -0.170. The summed E-state index contributed by atoms with van der Waals surface area (Å²) in [6, 6.07) is 19.2. The van der Waals surface area contributed by atoms with Gasteiger partial charge in [-0.05, 0) is 42.1 Å². The Morgan fingerprint density at radius 1 is 1.15 bits per heavy atom. The average Bonchev–Trinajstić information content (AvgIpc) is 3.32. The van der Waals surface area contributed by atoms with E-state index in [1.165, 1.54) is 21.6 Å². The van der Waals surface area contributed by atoms with Crippen LogP contribution < -0.4 is 4.74 Å². The Balaban J connectivity index is 1.60. The quantitative estimate of drug-likeness (QED) is 0.499. The van der Waals surface area contributed by atoms with Crippen molar-refractivity contribution in [1.29, 1.82) is 0 Å². The lowest BCUT2D eigenvalue weighted by atomic mass is 9.96. The van der Waals surface area contributed by atoms with Crippen LogP contribution in [0.25, 0.3) is 0 Å². The molecule has 0 unspecified atom stereocenters. The molecule has 0 saturated carbocycles. The van der Waals surface area contributed by atoms with Crippen LogP contribution in [-0.2, 0) is 0 Å². The Bertz CT molecular complexity index is 982. The van der Waals surface area contributed by atoms with E-state index in [2.05, 4.69) is 81.8 Å². The third-order valence-corrected chi connectivity index (χ3v) is 6.32. The normalized spacial score (nSPS) is 21.0. The van der Waals surface area contributed by atoms with E-state index >= 15 is 0 Å². The fourth-order valence-corrected chi connectivity index (χ4v) is 4.72. The zero-order valence-electron chi connectivity index (χ0n) is 14.2. The molecule has 26 heavy (non-hydrogen) atoms. The van der Waals surface area contributed by atoms with Gasteiger partial charge < -0.3 is 4.74 Å². The van der Waals surface area contributed by atoms with Gasteiger partial charge in [0.15, 0.2) is 0 Å². The highest BCUT2D eigenvalue weighted by Gasteiger charge is 2.41. The Morgan fingerprint density at radius 2 is 2.00 bits per heavy atom. The lowest BCUT2D eigenvalue weighted by Crippen LogP contribution is -2.33. The SMILES string of the molecule is Cc1ccc(C2=NN3[C@@H](c4cccs4)Oc4ccc(Br)cc4[C@@H]3C2)cc1. The van der Waals surface area contributed by atoms with Gasteiger partial charge in [-0.2, -0.15) is 5.10 Å². The fraction of sp³-hybridized carbons (Fsp3) is 0.190. The van der Waals surface area contributed by atoms with E-state index in [9.17, 15) is 0 Å². The second-order valence-corrected chi connectivity index (χ2v) is 8.58. The van der Waals surface area contributed by atoms with Crippen molar-refractivity contribution in [3.63, 3.8) is 0 Å². The second kappa shape index (κ2) is 6.25. The van der Waals surface area contributed by atoms with Crippen molar-refractivity contribution in [3.05, 3.63) is 86.0 Å². The number of hydrazone groups is 1. The molecular formula is C21H17BrN2OS. The molecule has 0 N–H and O–H groups in total. The number of thiophene rings is 1. The monoisotopic (exact) mass is 424 g/mol. The summed E-state index contributed by atoms with van der Waals surface area (Å²) < 4.78 is 7.42. The van der Waals surface area contributed by atoms with E-state index < -0.39 is 0 Å². The van der Waals surface area contributed by atoms with E-state index in [1.807, 2.05) is 6.07 Å². The molecule has 0 aliphatic carbocycles. The van der Waals surface area contributed by atoms with Gasteiger partial charge in [0.25, 0.3) is 0 Å². The second-order valence-electron chi connectivity index (χ2n) is 6.68. The van der Waals surface area contributed by atoms with Crippen LogP contribution in [0.5, 0.6) is 5.75 Å². The van der Waals surface area contributed by atoms with Crippen LogP contribution in [0.4, 0.5) is 0 Å². The molecule has 2 aromatic carbocycles. The maximum atomic E-state index is 6.36. The minimum Gasteiger partial charge on any atom is -0.464 e. The summed E-state index contributed by atoms with van der Waals surface area (Å²) in [5.41, 5.74) is 4.76. The number of ether oxygens (including phenoxy) is 1. The molecule has 0 spiro atoms. The van der Waals surface area contributed by atoms with Crippen molar-refractivity contribution in [1.82, 2.24) is 5.01 Å². The molecule has 2 aliphatic heterocycles. The Morgan fingerprint density at radius 3 is 2.77 bits per heavy atom. The molecular weight excluding hydrogens is 408 g/mol. The number of nitrogens with zero attached hydrogens (tertiary/aromatic N) is 2.